The Hall–Kier alpha value is 0.480. The second-order valence-electron chi connectivity index (χ2n) is 5.18. The van der Waals surface area contributed by atoms with Gasteiger partial charge >= 0.3 is 0 Å². The van der Waals surface area contributed by atoms with Crippen molar-refractivity contribution in [2.24, 2.45) is 0 Å². The van der Waals surface area contributed by atoms with Crippen LogP contribution in [0.3, 0.4) is 0 Å². The highest BCUT2D eigenvalue weighted by molar-refractivity contribution is 7.99. The van der Waals surface area contributed by atoms with Crippen molar-refractivity contribution in [1.82, 2.24) is 0 Å². The van der Waals surface area contributed by atoms with Gasteiger partial charge < -0.3 is 5.73 Å². The molecular weight excluding hydrogens is 578 g/mol. The summed E-state index contributed by atoms with van der Waals surface area (Å²) in [6, 6.07) is 12.0. The highest BCUT2D eigenvalue weighted by Gasteiger charge is 2.10. The lowest BCUT2D eigenvalue weighted by Gasteiger charge is -2.08. The highest BCUT2D eigenvalue weighted by atomic mass is 35.5. The van der Waals surface area contributed by atoms with E-state index in [2.05, 4.69) is 12.6 Å². The van der Waals surface area contributed by atoms with E-state index in [1.165, 1.54) is 11.8 Å². The third-order valence-electron chi connectivity index (χ3n) is 3.17. The summed E-state index contributed by atoms with van der Waals surface area (Å²) in [6.45, 7) is 0. The van der Waals surface area contributed by atoms with Crippen LogP contribution in [0.1, 0.15) is 0 Å². The maximum absolute atomic E-state index is 6.10. The van der Waals surface area contributed by atoms with Crippen LogP contribution in [0.5, 0.6) is 0 Å². The molecule has 0 aliphatic rings. The molecule has 0 bridgehead atoms. The van der Waals surface area contributed by atoms with E-state index < -0.39 is 0 Å². The Morgan fingerprint density at radius 2 is 1.21 bits per heavy atom. The fraction of sp³-hybridized carbons (Fsp3) is 0. The van der Waals surface area contributed by atoms with Gasteiger partial charge in [0, 0.05) is 20.4 Å². The van der Waals surface area contributed by atoms with Gasteiger partial charge in [-0.25, -0.2) is 0 Å². The molecular formula is C18H11Cl8NS2. The normalized spacial score (nSPS) is 10.1. The van der Waals surface area contributed by atoms with Crippen molar-refractivity contribution in [1.29, 1.82) is 0 Å². The third kappa shape index (κ3) is 7.84. The lowest BCUT2D eigenvalue weighted by Crippen LogP contribution is -1.85. The van der Waals surface area contributed by atoms with E-state index in [1.807, 2.05) is 6.07 Å². The van der Waals surface area contributed by atoms with Crippen molar-refractivity contribution in [3.8, 4) is 0 Å². The molecule has 1 nitrogen and oxygen atoms in total. The van der Waals surface area contributed by atoms with Crippen molar-refractivity contribution >= 4 is 124 Å². The zero-order valence-corrected chi connectivity index (χ0v) is 21.8. The van der Waals surface area contributed by atoms with Crippen LogP contribution >= 0.6 is 118 Å². The van der Waals surface area contributed by atoms with Crippen LogP contribution < -0.4 is 5.73 Å². The molecule has 0 unspecified atom stereocenters. The minimum atomic E-state index is 0. The number of rotatable bonds is 2. The summed E-state index contributed by atoms with van der Waals surface area (Å²) in [6.07, 6.45) is 0. The first-order valence-corrected chi connectivity index (χ1v) is 11.2. The molecule has 0 aromatic heterocycles. The number of nitrogens with two attached hydrogens (primary N) is 1. The van der Waals surface area contributed by atoms with E-state index in [4.69, 9.17) is 86.9 Å². The van der Waals surface area contributed by atoms with Gasteiger partial charge in [0.05, 0.1) is 35.2 Å². The molecule has 0 amide bonds. The summed E-state index contributed by atoms with van der Waals surface area (Å²) < 4.78 is 0. The minimum absolute atomic E-state index is 0. The maximum atomic E-state index is 6.10. The number of thiol groups is 1. The number of nitrogen functional groups attached to an aromatic ring is 1. The van der Waals surface area contributed by atoms with Crippen molar-refractivity contribution in [2.75, 3.05) is 5.73 Å². The number of hydrogen-bond acceptors (Lipinski definition) is 3. The fourth-order valence-corrected chi connectivity index (χ4v) is 4.50. The molecule has 3 rings (SSSR count). The van der Waals surface area contributed by atoms with E-state index in [-0.39, 0.29) is 12.4 Å². The summed E-state index contributed by atoms with van der Waals surface area (Å²) in [4.78, 5) is 2.28. The van der Waals surface area contributed by atoms with E-state index in [0.717, 1.165) is 9.79 Å². The lowest BCUT2D eigenvalue weighted by atomic mass is 10.3. The van der Waals surface area contributed by atoms with E-state index in [0.29, 0.717) is 45.7 Å². The Labute approximate surface area is 219 Å². The van der Waals surface area contributed by atoms with Gasteiger partial charge in [-0.05, 0) is 42.5 Å². The first kappa shape index (κ1) is 27.5. The second kappa shape index (κ2) is 12.5. The molecule has 29 heavy (non-hydrogen) atoms. The summed E-state index contributed by atoms with van der Waals surface area (Å²) in [5, 5.41) is 3.19. The predicted octanol–water partition coefficient (Wildman–Crippen LogP) is 10.4. The van der Waals surface area contributed by atoms with Crippen LogP contribution in [-0.4, -0.2) is 0 Å². The average Bonchev–Trinajstić information content (AvgIpc) is 2.64. The average molecular weight is 589 g/mol. The number of anilines is 1. The Morgan fingerprint density at radius 3 is 1.79 bits per heavy atom. The molecule has 3 aromatic carbocycles. The molecule has 0 radical (unpaired) electrons. The van der Waals surface area contributed by atoms with Gasteiger partial charge in [-0.3, -0.25) is 0 Å². The topological polar surface area (TPSA) is 26.0 Å². The van der Waals surface area contributed by atoms with Crippen molar-refractivity contribution in [3.05, 3.63) is 77.6 Å². The van der Waals surface area contributed by atoms with Crippen LogP contribution in [0.25, 0.3) is 0 Å². The monoisotopic (exact) mass is 585 g/mol. The van der Waals surface area contributed by atoms with Crippen LogP contribution in [0.2, 0.25) is 35.2 Å². The van der Waals surface area contributed by atoms with E-state index in [1.54, 1.807) is 36.4 Å². The molecule has 0 spiro atoms. The van der Waals surface area contributed by atoms with Crippen LogP contribution in [-0.2, 0) is 0 Å². The SMILES string of the molecule is Cl.Nc1ccc(Sc2cc(Cl)c(Cl)cc2Cl)c(Cl)c1.Sc1ccc(Cl)c(Cl)c1Cl. The Morgan fingerprint density at radius 1 is 0.621 bits per heavy atom. The Kier molecular flexibility index (Phi) is 11.9. The zero-order chi connectivity index (χ0) is 21.0. The van der Waals surface area contributed by atoms with Gasteiger partial charge in [-0.15, -0.1) is 25.0 Å². The summed E-state index contributed by atoms with van der Waals surface area (Å²) in [5.41, 5.74) is 6.25. The largest absolute Gasteiger partial charge is 0.399 e. The number of halogens is 8. The molecule has 2 N–H and O–H groups in total. The molecule has 0 fully saturated rings. The van der Waals surface area contributed by atoms with Gasteiger partial charge in [-0.2, -0.15) is 0 Å². The first-order valence-electron chi connectivity index (χ1n) is 7.30. The van der Waals surface area contributed by atoms with Gasteiger partial charge in [0.1, 0.15) is 0 Å². The zero-order valence-electron chi connectivity index (χ0n) is 14.0. The van der Waals surface area contributed by atoms with Gasteiger partial charge in [-0.1, -0.05) is 93.0 Å². The van der Waals surface area contributed by atoms with Gasteiger partial charge in [0.15, 0.2) is 0 Å². The lowest BCUT2D eigenvalue weighted by molar-refractivity contribution is 1.41. The standard InChI is InChI=1S/C12H7Cl4NS.C6H3Cl3S.ClH/c13-7-4-10(16)12(5-8(7)14)18-11-2-1-6(17)3-9(11)15;7-3-1-2-4(10)6(9)5(3)8;/h1-5H,17H2;1-2,10H;1H. The van der Waals surface area contributed by atoms with Crippen LogP contribution in [0.4, 0.5) is 5.69 Å². The van der Waals surface area contributed by atoms with Gasteiger partial charge in [0.2, 0.25) is 0 Å². The Bertz CT molecular complexity index is 987. The minimum Gasteiger partial charge on any atom is -0.399 e. The fourth-order valence-electron chi connectivity index (χ4n) is 1.82. The molecule has 3 aromatic rings. The molecule has 0 heterocycles. The summed E-state index contributed by atoms with van der Waals surface area (Å²) >= 11 is 46.5. The highest BCUT2D eigenvalue weighted by Crippen LogP contribution is 2.41. The van der Waals surface area contributed by atoms with E-state index in [9.17, 15) is 0 Å². The molecule has 0 aliphatic carbocycles. The smallest absolute Gasteiger partial charge is 0.0789 e. The van der Waals surface area contributed by atoms with E-state index >= 15 is 0 Å². The molecule has 156 valence electrons. The summed E-state index contributed by atoms with van der Waals surface area (Å²) in [7, 11) is 0. The number of benzene rings is 3. The van der Waals surface area contributed by atoms with Crippen LogP contribution in [0, 0.1) is 0 Å². The maximum Gasteiger partial charge on any atom is 0.0789 e. The molecule has 0 saturated carbocycles. The molecule has 0 atom stereocenters. The van der Waals surface area contributed by atoms with Crippen molar-refractivity contribution in [2.45, 2.75) is 14.7 Å². The van der Waals surface area contributed by atoms with Crippen LogP contribution in [0.15, 0.2) is 57.2 Å². The first-order chi connectivity index (χ1) is 13.1. The van der Waals surface area contributed by atoms with Gasteiger partial charge in [0.25, 0.3) is 0 Å². The second-order valence-corrected chi connectivity index (χ2v) is 9.54. The van der Waals surface area contributed by atoms with Crippen molar-refractivity contribution < 1.29 is 0 Å². The Balaban J connectivity index is 0.000000327. The third-order valence-corrected chi connectivity index (χ3v) is 7.67. The predicted molar refractivity (Wildman–Crippen MR) is 137 cm³/mol. The molecule has 11 heteroatoms. The molecule has 0 saturated heterocycles. The number of hydrogen-bond donors (Lipinski definition) is 2. The molecule has 0 aliphatic heterocycles. The van der Waals surface area contributed by atoms with Crippen molar-refractivity contribution in [3.63, 3.8) is 0 Å². The quantitative estimate of drug-likeness (QED) is 0.135. The summed E-state index contributed by atoms with van der Waals surface area (Å²) in [5.74, 6) is 0.